The second kappa shape index (κ2) is 7.98. The van der Waals surface area contributed by atoms with Crippen molar-refractivity contribution in [1.29, 1.82) is 0 Å². The molecule has 1 aromatic heterocycles. The Kier molecular flexibility index (Phi) is 5.24. The number of thiophene rings is 1. The van der Waals surface area contributed by atoms with Gasteiger partial charge in [-0.1, -0.05) is 41.7 Å². The topological polar surface area (TPSA) is 87.9 Å². The fourth-order valence-corrected chi connectivity index (χ4v) is 3.62. The molecule has 0 saturated carbocycles. The van der Waals surface area contributed by atoms with Crippen molar-refractivity contribution in [3.63, 3.8) is 0 Å². The molecular weight excluding hydrogens is 401 g/mol. The van der Waals surface area contributed by atoms with Crippen LogP contribution in [0.4, 0.5) is 9.39 Å². The molecule has 2 heterocycles. The van der Waals surface area contributed by atoms with Crippen molar-refractivity contribution in [3.8, 4) is 5.75 Å². The Hall–Kier alpha value is -3.30. The molecule has 1 aliphatic heterocycles. The summed E-state index contributed by atoms with van der Waals surface area (Å²) < 4.78 is 30.8. The summed E-state index contributed by atoms with van der Waals surface area (Å²) in [7, 11) is 0. The van der Waals surface area contributed by atoms with Crippen LogP contribution in [0.25, 0.3) is 0 Å². The highest BCUT2D eigenvalue weighted by Crippen LogP contribution is 2.37. The maximum Gasteiger partial charge on any atom is 0.348 e. The van der Waals surface area contributed by atoms with Crippen LogP contribution in [-0.4, -0.2) is 10.9 Å². The Morgan fingerprint density at radius 2 is 2.03 bits per heavy atom. The van der Waals surface area contributed by atoms with E-state index in [2.05, 4.69) is 0 Å². The fraction of sp³-hybridized carbons (Fsp3) is 0.150. The molecule has 1 aliphatic rings. The van der Waals surface area contributed by atoms with Crippen LogP contribution in [0.15, 0.2) is 54.6 Å². The molecule has 0 bridgehead atoms. The number of halogens is 1. The minimum atomic E-state index is -0.729. The minimum Gasteiger partial charge on any atom is -0.460 e. The molecule has 3 aromatic rings. The first-order chi connectivity index (χ1) is 14.0. The van der Waals surface area contributed by atoms with E-state index in [0.29, 0.717) is 28.2 Å². The van der Waals surface area contributed by atoms with Crippen molar-refractivity contribution in [1.82, 2.24) is 0 Å². The first kappa shape index (κ1) is 19.0. The number of ether oxygens (including phenoxy) is 3. The molecule has 0 aliphatic carbocycles. The third-order valence-corrected chi connectivity index (χ3v) is 5.24. The van der Waals surface area contributed by atoms with E-state index in [1.54, 1.807) is 0 Å². The van der Waals surface area contributed by atoms with Crippen molar-refractivity contribution in [2.24, 2.45) is 0 Å². The van der Waals surface area contributed by atoms with Crippen LogP contribution in [0, 0.1) is 15.9 Å². The SMILES string of the molecule is O=C(OCc1cc(F)cc2c1O[C@@H](c1ccccc1)OC2)c1ccc([N+](=O)[O-])s1. The molecule has 0 fully saturated rings. The van der Waals surface area contributed by atoms with E-state index in [1.807, 2.05) is 30.3 Å². The number of carbonyl (C=O) groups excluding carboxylic acids is 1. The van der Waals surface area contributed by atoms with E-state index in [-0.39, 0.29) is 23.1 Å². The average Bonchev–Trinajstić information content (AvgIpc) is 3.23. The Balaban J connectivity index is 1.53. The molecule has 0 radical (unpaired) electrons. The number of nitrogens with zero attached hydrogens (tertiary/aromatic N) is 1. The van der Waals surface area contributed by atoms with E-state index >= 15 is 0 Å². The summed E-state index contributed by atoms with van der Waals surface area (Å²) >= 11 is 0.715. The number of fused-ring (bicyclic) bond motifs is 1. The summed E-state index contributed by atoms with van der Waals surface area (Å²) in [5.41, 5.74) is 1.66. The molecule has 4 rings (SSSR count). The number of hydrogen-bond acceptors (Lipinski definition) is 7. The molecular formula is C20H14FNO6S. The second-order valence-electron chi connectivity index (χ2n) is 6.20. The largest absolute Gasteiger partial charge is 0.460 e. The van der Waals surface area contributed by atoms with E-state index in [4.69, 9.17) is 14.2 Å². The molecule has 0 amide bonds. The van der Waals surface area contributed by atoms with Crippen LogP contribution >= 0.6 is 11.3 Å². The molecule has 148 valence electrons. The van der Waals surface area contributed by atoms with Gasteiger partial charge in [-0.25, -0.2) is 9.18 Å². The Bertz CT molecular complexity index is 1070. The van der Waals surface area contributed by atoms with Crippen LogP contribution in [0.3, 0.4) is 0 Å². The first-order valence-corrected chi connectivity index (χ1v) is 9.39. The third kappa shape index (κ3) is 4.10. The van der Waals surface area contributed by atoms with Gasteiger partial charge in [-0.05, 0) is 18.2 Å². The summed E-state index contributed by atoms with van der Waals surface area (Å²) in [5, 5.41) is 10.6. The van der Waals surface area contributed by atoms with Crippen LogP contribution in [0.5, 0.6) is 5.75 Å². The highest BCUT2D eigenvalue weighted by Gasteiger charge is 2.26. The van der Waals surface area contributed by atoms with Crippen molar-refractivity contribution in [2.75, 3.05) is 0 Å². The van der Waals surface area contributed by atoms with Gasteiger partial charge in [0, 0.05) is 22.8 Å². The lowest BCUT2D eigenvalue weighted by molar-refractivity contribution is -0.380. The standard InChI is InChI=1S/C20H14FNO6S/c21-15-8-13(10-26-19(23)16-6-7-17(29-16)22(24)25)18-14(9-15)11-27-20(28-18)12-4-2-1-3-5-12/h1-9,20H,10-11H2/t20-/m0/s1. The predicted octanol–water partition coefficient (Wildman–Crippen LogP) is 4.76. The van der Waals surface area contributed by atoms with Gasteiger partial charge < -0.3 is 14.2 Å². The summed E-state index contributed by atoms with van der Waals surface area (Å²) in [5.74, 6) is -0.837. The van der Waals surface area contributed by atoms with Gasteiger partial charge >= 0.3 is 11.0 Å². The van der Waals surface area contributed by atoms with E-state index < -0.39 is 23.0 Å². The fourth-order valence-electron chi connectivity index (χ4n) is 2.91. The van der Waals surface area contributed by atoms with Crippen LogP contribution in [-0.2, 0) is 22.7 Å². The molecule has 1 atom stereocenters. The van der Waals surface area contributed by atoms with Gasteiger partial charge in [0.15, 0.2) is 0 Å². The average molecular weight is 415 g/mol. The van der Waals surface area contributed by atoms with Gasteiger partial charge in [-0.3, -0.25) is 10.1 Å². The number of hydrogen-bond donors (Lipinski definition) is 0. The molecule has 2 aromatic carbocycles. The van der Waals surface area contributed by atoms with Crippen molar-refractivity contribution < 1.29 is 28.3 Å². The molecule has 0 saturated heterocycles. The van der Waals surface area contributed by atoms with E-state index in [0.717, 1.165) is 5.56 Å². The quantitative estimate of drug-likeness (QED) is 0.339. The van der Waals surface area contributed by atoms with Crippen LogP contribution < -0.4 is 4.74 Å². The van der Waals surface area contributed by atoms with E-state index in [1.165, 1.54) is 24.3 Å². The molecule has 0 unspecified atom stereocenters. The van der Waals surface area contributed by atoms with E-state index in [9.17, 15) is 19.3 Å². The summed E-state index contributed by atoms with van der Waals surface area (Å²) in [4.78, 5) is 22.5. The highest BCUT2D eigenvalue weighted by molar-refractivity contribution is 7.17. The summed E-state index contributed by atoms with van der Waals surface area (Å²) in [6.45, 7) is -0.100. The van der Waals surface area contributed by atoms with Crippen molar-refractivity contribution in [2.45, 2.75) is 19.5 Å². The zero-order chi connectivity index (χ0) is 20.4. The highest BCUT2D eigenvalue weighted by atomic mass is 32.1. The third-order valence-electron chi connectivity index (χ3n) is 4.23. The smallest absolute Gasteiger partial charge is 0.348 e. The number of nitro groups is 1. The molecule has 7 nitrogen and oxygen atoms in total. The van der Waals surface area contributed by atoms with Gasteiger partial charge in [-0.15, -0.1) is 0 Å². The number of carbonyl (C=O) groups is 1. The van der Waals surface area contributed by atoms with Crippen molar-refractivity contribution in [3.05, 3.63) is 92.1 Å². The second-order valence-corrected chi connectivity index (χ2v) is 7.26. The van der Waals surface area contributed by atoms with Crippen LogP contribution in [0.1, 0.15) is 32.7 Å². The monoisotopic (exact) mass is 415 g/mol. The lowest BCUT2D eigenvalue weighted by atomic mass is 10.1. The Labute approximate surface area is 168 Å². The lowest BCUT2D eigenvalue weighted by Crippen LogP contribution is -2.19. The maximum absolute atomic E-state index is 14.0. The molecule has 0 spiro atoms. The maximum atomic E-state index is 14.0. The zero-order valence-corrected chi connectivity index (χ0v) is 15.7. The van der Waals surface area contributed by atoms with Crippen molar-refractivity contribution >= 4 is 22.3 Å². The Morgan fingerprint density at radius 1 is 1.24 bits per heavy atom. The minimum absolute atomic E-state index is 0.0911. The number of rotatable bonds is 5. The summed E-state index contributed by atoms with van der Waals surface area (Å²) in [6.07, 6.45) is -0.663. The molecule has 0 N–H and O–H groups in total. The van der Waals surface area contributed by atoms with Gasteiger partial charge in [0.2, 0.25) is 6.29 Å². The van der Waals surface area contributed by atoms with Gasteiger partial charge in [0.05, 0.1) is 11.5 Å². The Morgan fingerprint density at radius 3 is 2.76 bits per heavy atom. The zero-order valence-electron chi connectivity index (χ0n) is 14.9. The number of esters is 1. The number of benzene rings is 2. The van der Waals surface area contributed by atoms with Crippen LogP contribution in [0.2, 0.25) is 0 Å². The van der Waals surface area contributed by atoms with Gasteiger partial charge in [0.1, 0.15) is 23.1 Å². The lowest BCUT2D eigenvalue weighted by Gasteiger charge is -2.28. The normalized spacial score (nSPS) is 15.3. The van der Waals surface area contributed by atoms with Gasteiger partial charge in [0.25, 0.3) is 0 Å². The molecule has 9 heteroatoms. The summed E-state index contributed by atoms with van der Waals surface area (Å²) in [6, 6.07) is 14.4. The first-order valence-electron chi connectivity index (χ1n) is 8.57. The van der Waals surface area contributed by atoms with Gasteiger partial charge in [-0.2, -0.15) is 0 Å². The predicted molar refractivity (Wildman–Crippen MR) is 101 cm³/mol. The molecule has 29 heavy (non-hydrogen) atoms.